The Labute approximate surface area is 124 Å². The molecule has 1 saturated carbocycles. The van der Waals surface area contributed by atoms with Gasteiger partial charge in [0.2, 0.25) is 0 Å². The molecule has 1 aromatic carbocycles. The van der Waals surface area contributed by atoms with Crippen LogP contribution in [-0.4, -0.2) is 23.5 Å². The summed E-state index contributed by atoms with van der Waals surface area (Å²) in [5.74, 6) is 6.41. The average molecular weight is 294 g/mol. The van der Waals surface area contributed by atoms with Crippen molar-refractivity contribution < 1.29 is 9.53 Å². The Morgan fingerprint density at radius 2 is 2.05 bits per heavy atom. The third-order valence-electron chi connectivity index (χ3n) is 3.51. The Morgan fingerprint density at radius 1 is 1.30 bits per heavy atom. The van der Waals surface area contributed by atoms with Crippen molar-refractivity contribution in [3.63, 3.8) is 0 Å². The van der Waals surface area contributed by atoms with Crippen molar-refractivity contribution in [2.45, 2.75) is 37.4 Å². The number of amides is 1. The molecule has 0 atom stereocenters. The number of ether oxygens (including phenoxy) is 1. The summed E-state index contributed by atoms with van der Waals surface area (Å²) in [6.45, 7) is 0.621. The normalized spacial score (nSPS) is 15.8. The first-order chi connectivity index (χ1) is 9.81. The minimum atomic E-state index is -0.319. The van der Waals surface area contributed by atoms with Gasteiger partial charge in [-0.1, -0.05) is 31.4 Å². The zero-order valence-electron chi connectivity index (χ0n) is 11.6. The Hall–Kier alpha value is -1.20. The highest BCUT2D eigenvalue weighted by molar-refractivity contribution is 7.99. The van der Waals surface area contributed by atoms with Crippen molar-refractivity contribution in [2.24, 2.45) is 5.84 Å². The molecule has 4 nitrogen and oxygen atoms in total. The van der Waals surface area contributed by atoms with E-state index in [4.69, 9.17) is 10.6 Å². The second-order valence-electron chi connectivity index (χ2n) is 4.95. The molecule has 1 aliphatic rings. The van der Waals surface area contributed by atoms with E-state index in [0.29, 0.717) is 17.9 Å². The maximum Gasteiger partial charge on any atom is 0.268 e. The maximum absolute atomic E-state index is 11.6. The summed E-state index contributed by atoms with van der Waals surface area (Å²) in [7, 11) is 0. The predicted octanol–water partition coefficient (Wildman–Crippen LogP) is 2.73. The Kier molecular flexibility index (Phi) is 6.21. The number of carbonyl (C=O) groups is 1. The molecule has 110 valence electrons. The SMILES string of the molecule is NNC(=O)c1ccccc1OCCSC1CCCCC1. The van der Waals surface area contributed by atoms with E-state index in [0.717, 1.165) is 11.0 Å². The highest BCUT2D eigenvalue weighted by Crippen LogP contribution is 2.28. The van der Waals surface area contributed by atoms with E-state index in [2.05, 4.69) is 5.43 Å². The van der Waals surface area contributed by atoms with Crippen molar-refractivity contribution in [3.8, 4) is 5.75 Å². The van der Waals surface area contributed by atoms with Gasteiger partial charge in [0.15, 0.2) is 0 Å². The number of hydrogen-bond acceptors (Lipinski definition) is 4. The van der Waals surface area contributed by atoms with E-state index >= 15 is 0 Å². The molecule has 0 radical (unpaired) electrons. The molecule has 0 unspecified atom stereocenters. The molecule has 0 heterocycles. The fourth-order valence-electron chi connectivity index (χ4n) is 2.46. The second kappa shape index (κ2) is 8.17. The van der Waals surface area contributed by atoms with Crippen LogP contribution in [-0.2, 0) is 0 Å². The van der Waals surface area contributed by atoms with Gasteiger partial charge in [0.05, 0.1) is 12.2 Å². The molecule has 0 spiro atoms. The number of benzene rings is 1. The van der Waals surface area contributed by atoms with Crippen LogP contribution in [0, 0.1) is 0 Å². The van der Waals surface area contributed by atoms with Crippen molar-refractivity contribution in [1.82, 2.24) is 5.43 Å². The molecule has 1 aromatic rings. The van der Waals surface area contributed by atoms with Crippen molar-refractivity contribution >= 4 is 17.7 Å². The van der Waals surface area contributed by atoms with Gasteiger partial charge >= 0.3 is 0 Å². The molecule has 20 heavy (non-hydrogen) atoms. The molecular formula is C15H22N2O2S. The van der Waals surface area contributed by atoms with Gasteiger partial charge in [-0.05, 0) is 25.0 Å². The number of rotatable bonds is 6. The smallest absolute Gasteiger partial charge is 0.268 e. The standard InChI is InChI=1S/C15H22N2O2S/c16-17-15(18)13-8-4-5-9-14(13)19-10-11-20-12-6-2-1-3-7-12/h4-5,8-9,12H,1-3,6-7,10-11,16H2,(H,17,18). The van der Waals surface area contributed by atoms with Crippen LogP contribution in [0.15, 0.2) is 24.3 Å². The Balaban J connectivity index is 1.77. The lowest BCUT2D eigenvalue weighted by atomic mass is 10.0. The number of para-hydroxylation sites is 1. The third-order valence-corrected chi connectivity index (χ3v) is 4.85. The van der Waals surface area contributed by atoms with E-state index in [1.807, 2.05) is 17.8 Å². The maximum atomic E-state index is 11.6. The zero-order valence-corrected chi connectivity index (χ0v) is 12.5. The topological polar surface area (TPSA) is 64.3 Å². The summed E-state index contributed by atoms with van der Waals surface area (Å²) < 4.78 is 5.71. The van der Waals surface area contributed by atoms with E-state index in [9.17, 15) is 4.79 Å². The number of hydrogen-bond donors (Lipinski definition) is 2. The number of thioether (sulfide) groups is 1. The summed E-state index contributed by atoms with van der Waals surface area (Å²) in [5.41, 5.74) is 2.62. The minimum Gasteiger partial charge on any atom is -0.492 e. The van der Waals surface area contributed by atoms with Crippen molar-refractivity contribution in [1.29, 1.82) is 0 Å². The van der Waals surface area contributed by atoms with Gasteiger partial charge in [-0.3, -0.25) is 10.2 Å². The van der Waals surface area contributed by atoms with Gasteiger partial charge in [0, 0.05) is 11.0 Å². The molecular weight excluding hydrogens is 272 g/mol. The van der Waals surface area contributed by atoms with E-state index in [1.54, 1.807) is 18.2 Å². The molecule has 1 amide bonds. The van der Waals surface area contributed by atoms with E-state index < -0.39 is 0 Å². The van der Waals surface area contributed by atoms with Gasteiger partial charge in [-0.25, -0.2) is 5.84 Å². The van der Waals surface area contributed by atoms with E-state index in [1.165, 1.54) is 32.1 Å². The summed E-state index contributed by atoms with van der Waals surface area (Å²) in [5, 5.41) is 0.787. The second-order valence-corrected chi connectivity index (χ2v) is 6.36. The molecule has 0 aliphatic heterocycles. The molecule has 0 saturated heterocycles. The molecule has 0 aromatic heterocycles. The van der Waals surface area contributed by atoms with Crippen LogP contribution in [0.5, 0.6) is 5.75 Å². The Morgan fingerprint density at radius 3 is 2.80 bits per heavy atom. The van der Waals surface area contributed by atoms with E-state index in [-0.39, 0.29) is 5.91 Å². The summed E-state index contributed by atoms with van der Waals surface area (Å²) in [4.78, 5) is 11.6. The van der Waals surface area contributed by atoms with Crippen molar-refractivity contribution in [3.05, 3.63) is 29.8 Å². The van der Waals surface area contributed by atoms with Gasteiger partial charge in [-0.2, -0.15) is 11.8 Å². The molecule has 1 aliphatic carbocycles. The molecule has 0 bridgehead atoms. The van der Waals surface area contributed by atoms with Crippen LogP contribution in [0.3, 0.4) is 0 Å². The lowest BCUT2D eigenvalue weighted by molar-refractivity contribution is 0.0950. The molecule has 3 N–H and O–H groups in total. The lowest BCUT2D eigenvalue weighted by Gasteiger charge is -2.21. The molecule has 2 rings (SSSR count). The quantitative estimate of drug-likeness (QED) is 0.366. The minimum absolute atomic E-state index is 0.319. The summed E-state index contributed by atoms with van der Waals surface area (Å²) in [6, 6.07) is 7.17. The third kappa shape index (κ3) is 4.42. The van der Waals surface area contributed by atoms with Crippen LogP contribution >= 0.6 is 11.8 Å². The molecule has 5 heteroatoms. The average Bonchev–Trinajstić information content (AvgIpc) is 2.52. The first-order valence-corrected chi connectivity index (χ1v) is 8.20. The van der Waals surface area contributed by atoms with Crippen molar-refractivity contribution in [2.75, 3.05) is 12.4 Å². The fraction of sp³-hybridized carbons (Fsp3) is 0.533. The monoisotopic (exact) mass is 294 g/mol. The number of nitrogens with one attached hydrogen (secondary N) is 1. The fourth-order valence-corrected chi connectivity index (χ4v) is 3.64. The van der Waals surface area contributed by atoms with Crippen LogP contribution < -0.4 is 16.0 Å². The van der Waals surface area contributed by atoms with Crippen LogP contribution in [0.4, 0.5) is 0 Å². The highest BCUT2D eigenvalue weighted by atomic mass is 32.2. The number of nitrogen functional groups attached to an aromatic ring is 1. The number of carbonyl (C=O) groups excluding carboxylic acids is 1. The van der Waals surface area contributed by atoms with Gasteiger partial charge in [0.25, 0.3) is 5.91 Å². The molecule has 1 fully saturated rings. The van der Waals surface area contributed by atoms with Crippen LogP contribution in [0.2, 0.25) is 0 Å². The number of nitrogens with two attached hydrogens (primary N) is 1. The lowest BCUT2D eigenvalue weighted by Crippen LogP contribution is -2.30. The summed E-state index contributed by atoms with van der Waals surface area (Å²) >= 11 is 1.99. The first kappa shape index (κ1) is 15.2. The Bertz CT molecular complexity index is 434. The zero-order chi connectivity index (χ0) is 14.2. The van der Waals surface area contributed by atoms with Gasteiger partial charge in [-0.15, -0.1) is 0 Å². The van der Waals surface area contributed by atoms with Crippen LogP contribution in [0.25, 0.3) is 0 Å². The number of hydrazine groups is 1. The predicted molar refractivity (Wildman–Crippen MR) is 82.9 cm³/mol. The first-order valence-electron chi connectivity index (χ1n) is 7.15. The largest absolute Gasteiger partial charge is 0.492 e. The van der Waals surface area contributed by atoms with Gasteiger partial charge < -0.3 is 4.74 Å². The van der Waals surface area contributed by atoms with Crippen LogP contribution in [0.1, 0.15) is 42.5 Å². The summed E-state index contributed by atoms with van der Waals surface area (Å²) in [6.07, 6.45) is 6.76. The van der Waals surface area contributed by atoms with Gasteiger partial charge in [0.1, 0.15) is 5.75 Å². The highest BCUT2D eigenvalue weighted by Gasteiger charge is 2.14.